The molecule has 0 radical (unpaired) electrons. The molecule has 4 saturated carbocycles. The third-order valence-electron chi connectivity index (χ3n) is 9.98. The van der Waals surface area contributed by atoms with E-state index >= 15 is 0 Å². The van der Waals surface area contributed by atoms with Gasteiger partial charge in [0.05, 0.1) is 5.16 Å². The van der Waals surface area contributed by atoms with Crippen LogP contribution >= 0.6 is 18.5 Å². The Morgan fingerprint density at radius 1 is 0.806 bits per heavy atom. The molecule has 0 N–H and O–H groups in total. The van der Waals surface area contributed by atoms with Gasteiger partial charge in [0.15, 0.2) is 0 Å². The molecule has 3 aromatic rings. The highest BCUT2D eigenvalue weighted by molar-refractivity contribution is 7.19. The molecule has 2 nitrogen and oxygen atoms in total. The van der Waals surface area contributed by atoms with Gasteiger partial charge < -0.3 is 0 Å². The zero-order chi connectivity index (χ0) is 25.1. The van der Waals surface area contributed by atoms with Gasteiger partial charge in [-0.15, -0.1) is 18.5 Å². The van der Waals surface area contributed by atoms with E-state index in [-0.39, 0.29) is 10.8 Å². The highest BCUT2D eigenvalue weighted by atomic mass is 31.0. The van der Waals surface area contributed by atoms with Gasteiger partial charge in [0.25, 0.3) is 0 Å². The van der Waals surface area contributed by atoms with Gasteiger partial charge in [-0.3, -0.25) is 9.97 Å². The molecule has 4 fully saturated rings. The van der Waals surface area contributed by atoms with Crippen molar-refractivity contribution in [3.63, 3.8) is 0 Å². The summed E-state index contributed by atoms with van der Waals surface area (Å²) in [5, 5.41) is -0.416. The third-order valence-corrected chi connectivity index (χ3v) is 11.6. The number of aromatic nitrogens is 2. The first-order valence-corrected chi connectivity index (χ1v) is 15.1. The first kappa shape index (κ1) is 24.7. The van der Waals surface area contributed by atoms with E-state index in [1.807, 2.05) is 12.4 Å². The Morgan fingerprint density at radius 3 is 1.81 bits per heavy atom. The lowest BCUT2D eigenvalue weighted by atomic mass is 9.43. The minimum absolute atomic E-state index is 0.0704. The molecule has 0 spiro atoms. The second-order valence-corrected chi connectivity index (χ2v) is 14.1. The predicted molar refractivity (Wildman–Crippen MR) is 157 cm³/mol. The van der Waals surface area contributed by atoms with Crippen LogP contribution in [0, 0.1) is 23.7 Å². The summed E-state index contributed by atoms with van der Waals surface area (Å²) in [5.74, 6) is 3.46. The molecule has 2 atom stereocenters. The maximum atomic E-state index is 4.59. The Balaban J connectivity index is 1.65. The lowest BCUT2D eigenvalue weighted by Gasteiger charge is -2.62. The Bertz CT molecular complexity index is 1160. The second kappa shape index (κ2) is 8.99. The zero-order valence-electron chi connectivity index (χ0n) is 22.0. The average Bonchev–Trinajstić information content (AvgIpc) is 2.89. The van der Waals surface area contributed by atoms with Crippen LogP contribution in [0.25, 0.3) is 0 Å². The smallest absolute Gasteiger partial charge is 0.0624 e. The summed E-state index contributed by atoms with van der Waals surface area (Å²) in [6.45, 7) is 7.00. The van der Waals surface area contributed by atoms with E-state index in [1.54, 1.807) is 5.56 Å². The Hall–Kier alpha value is -1.62. The summed E-state index contributed by atoms with van der Waals surface area (Å²) in [6.07, 6.45) is 16.1. The fourth-order valence-corrected chi connectivity index (χ4v) is 9.79. The van der Waals surface area contributed by atoms with Crippen molar-refractivity contribution in [2.75, 3.05) is 6.16 Å². The molecule has 4 bridgehead atoms. The molecule has 7 rings (SSSR count). The predicted octanol–water partition coefficient (Wildman–Crippen LogP) is 7.51. The van der Waals surface area contributed by atoms with Crippen molar-refractivity contribution in [2.24, 2.45) is 23.7 Å². The standard InChI is InChI=1S/C32H40N2P2/c1-30(2,3)23-8-9-28(31(20-35)26-13-21-12-22(15-26)16-27(31)14-21)29(17-23)32(36,24-6-4-10-33-18-24)25-7-5-11-34-19-25/h4-11,17-19,21-22,26-27H,12-16,20,35-36H2,1-3H3. The van der Waals surface area contributed by atoms with Crippen molar-refractivity contribution >= 4 is 18.5 Å². The Morgan fingerprint density at radius 2 is 1.36 bits per heavy atom. The fourth-order valence-electron chi connectivity index (χ4n) is 8.32. The lowest BCUT2D eigenvalue weighted by Crippen LogP contribution is -2.57. The number of hydrogen-bond donors (Lipinski definition) is 0. The van der Waals surface area contributed by atoms with E-state index in [9.17, 15) is 0 Å². The van der Waals surface area contributed by atoms with Crippen LogP contribution in [0.5, 0.6) is 0 Å². The van der Waals surface area contributed by atoms with E-state index in [0.717, 1.165) is 29.8 Å². The van der Waals surface area contributed by atoms with Crippen molar-refractivity contribution in [3.8, 4) is 0 Å². The van der Waals surface area contributed by atoms with Gasteiger partial charge in [-0.2, -0.15) is 0 Å². The van der Waals surface area contributed by atoms with Crippen molar-refractivity contribution in [1.82, 2.24) is 9.97 Å². The summed E-state index contributed by atoms with van der Waals surface area (Å²) in [4.78, 5) is 9.18. The van der Waals surface area contributed by atoms with E-state index in [4.69, 9.17) is 0 Å². The van der Waals surface area contributed by atoms with Crippen LogP contribution in [-0.2, 0) is 16.0 Å². The van der Waals surface area contributed by atoms with Gasteiger partial charge in [-0.1, -0.05) is 51.1 Å². The molecule has 4 aliphatic carbocycles. The van der Waals surface area contributed by atoms with E-state index in [2.05, 4.69) is 104 Å². The number of nitrogens with zero attached hydrogens (tertiary/aromatic N) is 2. The summed E-state index contributed by atoms with van der Waals surface area (Å²) in [6, 6.07) is 16.1. The summed E-state index contributed by atoms with van der Waals surface area (Å²) in [5.41, 5.74) is 7.09. The first-order chi connectivity index (χ1) is 17.3. The topological polar surface area (TPSA) is 25.8 Å². The molecular formula is C32H40N2P2. The van der Waals surface area contributed by atoms with Crippen LogP contribution < -0.4 is 0 Å². The van der Waals surface area contributed by atoms with Gasteiger partial charge >= 0.3 is 0 Å². The highest BCUT2D eigenvalue weighted by Gasteiger charge is 2.58. The molecule has 4 aliphatic rings. The van der Waals surface area contributed by atoms with E-state index in [1.165, 1.54) is 54.4 Å². The molecule has 2 aromatic heterocycles. The lowest BCUT2D eigenvalue weighted by molar-refractivity contribution is -0.0504. The molecule has 36 heavy (non-hydrogen) atoms. The van der Waals surface area contributed by atoms with Crippen molar-refractivity contribution in [3.05, 3.63) is 95.1 Å². The van der Waals surface area contributed by atoms with Gasteiger partial charge in [0.2, 0.25) is 0 Å². The molecule has 0 saturated heterocycles. The minimum Gasteiger partial charge on any atom is -0.264 e. The normalized spacial score (nSPS) is 29.5. The number of rotatable bonds is 5. The van der Waals surface area contributed by atoms with Crippen molar-refractivity contribution < 1.29 is 0 Å². The number of benzene rings is 1. The van der Waals surface area contributed by atoms with Gasteiger partial charge in [0.1, 0.15) is 0 Å². The van der Waals surface area contributed by atoms with Crippen molar-refractivity contribution in [1.29, 1.82) is 0 Å². The van der Waals surface area contributed by atoms with Gasteiger partial charge in [-0.05, 0) is 107 Å². The quantitative estimate of drug-likeness (QED) is 0.329. The third kappa shape index (κ3) is 3.74. The number of hydrogen-bond acceptors (Lipinski definition) is 2. The monoisotopic (exact) mass is 514 g/mol. The van der Waals surface area contributed by atoms with Crippen LogP contribution in [-0.4, -0.2) is 16.1 Å². The Labute approximate surface area is 221 Å². The maximum absolute atomic E-state index is 4.59. The molecule has 0 amide bonds. The summed E-state index contributed by atoms with van der Waals surface area (Å²) in [7, 11) is 6.51. The maximum Gasteiger partial charge on any atom is 0.0624 e. The molecule has 2 unspecified atom stereocenters. The molecule has 4 heteroatoms. The fraction of sp³-hybridized carbons (Fsp3) is 0.500. The SMILES string of the molecule is CC(C)(C)c1ccc(C2(CP)C3CC4CC(C3)CC2C4)c(C(P)(c2cccnc2)c2cccnc2)c1. The van der Waals surface area contributed by atoms with Crippen LogP contribution in [0.3, 0.4) is 0 Å². The largest absolute Gasteiger partial charge is 0.264 e. The molecule has 2 heterocycles. The van der Waals surface area contributed by atoms with E-state index < -0.39 is 5.16 Å². The van der Waals surface area contributed by atoms with Gasteiger partial charge in [0, 0.05) is 30.2 Å². The molecular weight excluding hydrogens is 474 g/mol. The number of pyridine rings is 2. The van der Waals surface area contributed by atoms with Gasteiger partial charge in [-0.25, -0.2) is 0 Å². The minimum atomic E-state index is -0.416. The van der Waals surface area contributed by atoms with Crippen LogP contribution in [0.4, 0.5) is 0 Å². The molecule has 0 aliphatic heterocycles. The first-order valence-electron chi connectivity index (χ1n) is 13.7. The Kier molecular flexibility index (Phi) is 6.17. The van der Waals surface area contributed by atoms with Crippen LogP contribution in [0.1, 0.15) is 80.7 Å². The summed E-state index contributed by atoms with van der Waals surface area (Å²) >= 11 is 0. The zero-order valence-corrected chi connectivity index (χ0v) is 24.3. The van der Waals surface area contributed by atoms with Crippen LogP contribution in [0.15, 0.2) is 67.3 Å². The second-order valence-electron chi connectivity index (χ2n) is 12.9. The van der Waals surface area contributed by atoms with Crippen molar-refractivity contribution in [2.45, 2.75) is 68.9 Å². The molecule has 188 valence electrons. The highest BCUT2D eigenvalue weighted by Crippen LogP contribution is 2.65. The van der Waals surface area contributed by atoms with E-state index in [0.29, 0.717) is 0 Å². The van der Waals surface area contributed by atoms with Crippen LogP contribution in [0.2, 0.25) is 0 Å². The summed E-state index contributed by atoms with van der Waals surface area (Å²) < 4.78 is 0. The average molecular weight is 515 g/mol. The molecule has 1 aromatic carbocycles.